The third kappa shape index (κ3) is 3.93. The monoisotopic (exact) mass is 470 g/mol. The summed E-state index contributed by atoms with van der Waals surface area (Å²) in [5.74, 6) is -0.644. The molecule has 0 aliphatic heterocycles. The van der Waals surface area contributed by atoms with E-state index in [-0.39, 0.29) is 11.1 Å². The Morgan fingerprint density at radius 3 is 1.41 bits per heavy atom. The molecule has 0 atom stereocenters. The molecule has 0 spiro atoms. The van der Waals surface area contributed by atoms with Crippen LogP contribution >= 0.6 is 11.6 Å². The number of hydrogen-bond donors (Lipinski definition) is 4. The highest BCUT2D eigenvalue weighted by atomic mass is 35.5. The largest absolute Gasteiger partial charge is 0.297 e. The van der Waals surface area contributed by atoms with E-state index >= 15 is 0 Å². The second-order valence-electron chi connectivity index (χ2n) is 8.45. The van der Waals surface area contributed by atoms with E-state index in [9.17, 15) is 9.59 Å². The Balaban J connectivity index is 1.79. The maximum absolute atomic E-state index is 13.2. The van der Waals surface area contributed by atoms with Crippen molar-refractivity contribution in [3.8, 4) is 22.5 Å². The van der Waals surface area contributed by atoms with E-state index in [4.69, 9.17) is 11.6 Å². The molecule has 6 nitrogen and oxygen atoms in total. The van der Waals surface area contributed by atoms with Gasteiger partial charge in [0.05, 0.1) is 22.5 Å². The number of benzene rings is 3. The summed E-state index contributed by atoms with van der Waals surface area (Å²) in [6, 6.07) is 23.0. The van der Waals surface area contributed by atoms with Crippen molar-refractivity contribution in [1.29, 1.82) is 0 Å². The van der Waals surface area contributed by atoms with E-state index in [1.165, 1.54) is 0 Å². The minimum atomic E-state index is -0.644. The van der Waals surface area contributed by atoms with Crippen LogP contribution in [0.25, 0.3) is 22.5 Å². The molecule has 2 aromatic heterocycles. The fraction of sp³-hybridized carbons (Fsp3) is 0.111. The Hall–Kier alpha value is -4.03. The number of halogens is 1. The molecule has 0 fully saturated rings. The van der Waals surface area contributed by atoms with Crippen LogP contribution < -0.4 is 11.1 Å². The predicted octanol–water partition coefficient (Wildman–Crippen LogP) is 5.50. The molecule has 0 saturated heterocycles. The molecule has 5 rings (SSSR count). The molecule has 0 aliphatic rings. The lowest BCUT2D eigenvalue weighted by Gasteiger charge is -2.18. The summed E-state index contributed by atoms with van der Waals surface area (Å²) in [7, 11) is 0. The molecule has 34 heavy (non-hydrogen) atoms. The topological polar surface area (TPSA) is 97.3 Å². The molecule has 0 aliphatic carbocycles. The number of aromatic amines is 4. The van der Waals surface area contributed by atoms with E-state index in [1.54, 1.807) is 12.1 Å². The van der Waals surface area contributed by atoms with Crippen LogP contribution in [0.2, 0.25) is 5.02 Å². The number of H-pyrrole nitrogens is 4. The van der Waals surface area contributed by atoms with Gasteiger partial charge in [0.25, 0.3) is 11.1 Å². The maximum atomic E-state index is 13.2. The van der Waals surface area contributed by atoms with Gasteiger partial charge in [-0.2, -0.15) is 0 Å². The van der Waals surface area contributed by atoms with Gasteiger partial charge in [0, 0.05) is 10.9 Å². The van der Waals surface area contributed by atoms with E-state index < -0.39 is 5.92 Å². The van der Waals surface area contributed by atoms with Gasteiger partial charge in [0.15, 0.2) is 0 Å². The van der Waals surface area contributed by atoms with Crippen molar-refractivity contribution in [1.82, 2.24) is 20.4 Å². The minimum absolute atomic E-state index is 0.286. The summed E-state index contributed by atoms with van der Waals surface area (Å²) in [5.41, 5.74) is 6.33. The molecule has 0 radical (unpaired) electrons. The first-order valence-electron chi connectivity index (χ1n) is 10.9. The van der Waals surface area contributed by atoms with Crippen molar-refractivity contribution in [2.45, 2.75) is 19.8 Å². The van der Waals surface area contributed by atoms with Crippen molar-refractivity contribution >= 4 is 11.6 Å². The van der Waals surface area contributed by atoms with Gasteiger partial charge in [0.2, 0.25) is 0 Å². The van der Waals surface area contributed by atoms with Gasteiger partial charge in [-0.15, -0.1) is 0 Å². The van der Waals surface area contributed by atoms with Crippen LogP contribution in [0, 0.1) is 13.8 Å². The van der Waals surface area contributed by atoms with Gasteiger partial charge in [-0.1, -0.05) is 83.4 Å². The Labute approximate surface area is 200 Å². The van der Waals surface area contributed by atoms with Gasteiger partial charge in [-0.3, -0.25) is 30.0 Å². The molecule has 3 aromatic carbocycles. The first-order valence-corrected chi connectivity index (χ1v) is 11.3. The molecular weight excluding hydrogens is 448 g/mol. The van der Waals surface area contributed by atoms with Crippen LogP contribution in [-0.4, -0.2) is 20.4 Å². The highest BCUT2D eigenvalue weighted by molar-refractivity contribution is 6.30. The molecule has 0 unspecified atom stereocenters. The molecule has 2 heterocycles. The Bertz CT molecular complexity index is 1460. The normalized spacial score (nSPS) is 11.3. The molecule has 7 heteroatoms. The molecule has 0 amide bonds. The lowest BCUT2D eigenvalue weighted by molar-refractivity contribution is 0.954. The highest BCUT2D eigenvalue weighted by Crippen LogP contribution is 2.38. The third-order valence-electron chi connectivity index (χ3n) is 6.09. The second-order valence-corrected chi connectivity index (χ2v) is 8.89. The number of aromatic nitrogens is 4. The van der Waals surface area contributed by atoms with Crippen LogP contribution in [0.15, 0.2) is 82.4 Å². The minimum Gasteiger partial charge on any atom is -0.297 e. The third-order valence-corrected chi connectivity index (χ3v) is 6.34. The van der Waals surface area contributed by atoms with Crippen LogP contribution in [0.1, 0.15) is 33.7 Å². The average molecular weight is 471 g/mol. The van der Waals surface area contributed by atoms with Crippen LogP contribution in [-0.2, 0) is 0 Å². The number of hydrogen-bond acceptors (Lipinski definition) is 2. The lowest BCUT2D eigenvalue weighted by atomic mass is 9.83. The zero-order valence-electron chi connectivity index (χ0n) is 18.7. The van der Waals surface area contributed by atoms with Crippen LogP contribution in [0.5, 0.6) is 0 Å². The van der Waals surface area contributed by atoms with Crippen molar-refractivity contribution in [3.63, 3.8) is 0 Å². The van der Waals surface area contributed by atoms with Gasteiger partial charge >= 0.3 is 0 Å². The van der Waals surface area contributed by atoms with Crippen molar-refractivity contribution < 1.29 is 0 Å². The van der Waals surface area contributed by atoms with Crippen LogP contribution in [0.4, 0.5) is 0 Å². The Morgan fingerprint density at radius 2 is 1.00 bits per heavy atom. The van der Waals surface area contributed by atoms with E-state index in [0.717, 1.165) is 27.8 Å². The number of aryl methyl sites for hydroxylation is 2. The van der Waals surface area contributed by atoms with E-state index in [2.05, 4.69) is 20.4 Å². The zero-order chi connectivity index (χ0) is 23.8. The quantitative estimate of drug-likeness (QED) is 0.272. The average Bonchev–Trinajstić information content (AvgIpc) is 3.40. The van der Waals surface area contributed by atoms with E-state index in [1.807, 2.05) is 74.5 Å². The summed E-state index contributed by atoms with van der Waals surface area (Å²) in [4.78, 5) is 26.5. The smallest absolute Gasteiger partial charge is 0.268 e. The maximum Gasteiger partial charge on any atom is 0.268 e. The fourth-order valence-electron chi connectivity index (χ4n) is 4.31. The second kappa shape index (κ2) is 8.72. The van der Waals surface area contributed by atoms with Gasteiger partial charge in [0.1, 0.15) is 0 Å². The summed E-state index contributed by atoms with van der Waals surface area (Å²) in [6.45, 7) is 4.02. The van der Waals surface area contributed by atoms with Crippen molar-refractivity contribution in [2.24, 2.45) is 0 Å². The SMILES string of the molecule is Cc1ccc(-c2[nH][nH]c(=O)c2C(c2ccc(Cl)cc2)c2c(-c3ccc(C)cc3)[nH][nH]c2=O)cc1. The van der Waals surface area contributed by atoms with Crippen LogP contribution in [0.3, 0.4) is 0 Å². The first kappa shape index (κ1) is 21.8. The van der Waals surface area contributed by atoms with Crippen molar-refractivity contribution in [3.05, 3.63) is 126 Å². The fourth-order valence-corrected chi connectivity index (χ4v) is 4.44. The molecule has 4 N–H and O–H groups in total. The molecule has 170 valence electrons. The summed E-state index contributed by atoms with van der Waals surface area (Å²) >= 11 is 6.16. The standard InChI is InChI=1S/C27H23ClN4O2/c1-15-3-7-18(8-4-15)24-22(26(33)31-29-24)21(17-11-13-20(28)14-12-17)23-25(30-32-27(23)34)19-9-5-16(2)6-10-19/h3-14,21H,1-2H3,(H2,29,31,33)(H2,30,32,34). The highest BCUT2D eigenvalue weighted by Gasteiger charge is 2.31. The molecule has 5 aromatic rings. The predicted molar refractivity (Wildman–Crippen MR) is 136 cm³/mol. The van der Waals surface area contributed by atoms with Crippen molar-refractivity contribution in [2.75, 3.05) is 0 Å². The number of rotatable bonds is 5. The zero-order valence-corrected chi connectivity index (χ0v) is 19.5. The van der Waals surface area contributed by atoms with E-state index in [0.29, 0.717) is 27.5 Å². The molecular formula is C27H23ClN4O2. The Morgan fingerprint density at radius 1 is 0.588 bits per heavy atom. The molecule has 0 saturated carbocycles. The lowest BCUT2D eigenvalue weighted by Crippen LogP contribution is -2.20. The number of nitrogens with one attached hydrogen (secondary N) is 4. The van der Waals surface area contributed by atoms with Gasteiger partial charge < -0.3 is 0 Å². The summed E-state index contributed by atoms with van der Waals surface area (Å²) in [6.07, 6.45) is 0. The van der Waals surface area contributed by atoms with Gasteiger partial charge in [-0.05, 0) is 42.7 Å². The summed E-state index contributed by atoms with van der Waals surface area (Å²) < 4.78 is 0. The first-order chi connectivity index (χ1) is 16.4. The Kier molecular flexibility index (Phi) is 5.59. The molecule has 0 bridgehead atoms. The summed E-state index contributed by atoms with van der Waals surface area (Å²) in [5, 5.41) is 12.1. The van der Waals surface area contributed by atoms with Gasteiger partial charge in [-0.25, -0.2) is 0 Å².